The van der Waals surface area contributed by atoms with Gasteiger partial charge in [0.05, 0.1) is 13.0 Å². The molecule has 4 nitrogen and oxygen atoms in total. The van der Waals surface area contributed by atoms with Crippen molar-refractivity contribution < 1.29 is 9.63 Å². The zero-order valence-corrected chi connectivity index (χ0v) is 8.04. The van der Waals surface area contributed by atoms with Gasteiger partial charge >= 0.3 is 0 Å². The van der Waals surface area contributed by atoms with Gasteiger partial charge in [-0.3, -0.25) is 9.63 Å². The molecule has 0 aliphatic heterocycles. The molecule has 1 atom stereocenters. The van der Waals surface area contributed by atoms with Gasteiger partial charge in [-0.1, -0.05) is 13.3 Å². The summed E-state index contributed by atoms with van der Waals surface area (Å²) in [4.78, 5) is 16.2. The van der Waals surface area contributed by atoms with Crippen LogP contribution in [0.1, 0.15) is 19.8 Å². The Morgan fingerprint density at radius 3 is 2.58 bits per heavy atom. The number of nitrogens with zero attached hydrogens (tertiary/aromatic N) is 1. The van der Waals surface area contributed by atoms with Crippen molar-refractivity contribution >= 4 is 5.91 Å². The van der Waals surface area contributed by atoms with E-state index in [1.54, 1.807) is 7.05 Å². The first-order valence-corrected chi connectivity index (χ1v) is 4.19. The number of nitrogens with two attached hydrogens (primary N) is 1. The molecule has 0 aromatic rings. The van der Waals surface area contributed by atoms with Gasteiger partial charge < -0.3 is 5.73 Å². The highest BCUT2D eigenvalue weighted by Crippen LogP contribution is 2.07. The summed E-state index contributed by atoms with van der Waals surface area (Å²) in [6.07, 6.45) is 1.79. The van der Waals surface area contributed by atoms with E-state index in [0.29, 0.717) is 6.54 Å². The van der Waals surface area contributed by atoms with E-state index in [1.165, 1.54) is 12.2 Å². The summed E-state index contributed by atoms with van der Waals surface area (Å²) in [5.41, 5.74) is 5.45. The van der Waals surface area contributed by atoms with Gasteiger partial charge in [0.2, 0.25) is 5.91 Å². The maximum absolute atomic E-state index is 11.4. The lowest BCUT2D eigenvalue weighted by atomic mass is 10.0. The van der Waals surface area contributed by atoms with Crippen molar-refractivity contribution in [3.63, 3.8) is 0 Å². The molecule has 0 aromatic carbocycles. The molecule has 0 aromatic heterocycles. The van der Waals surface area contributed by atoms with Gasteiger partial charge in [-0.05, 0) is 6.42 Å². The molecular weight excluding hydrogens is 156 g/mol. The molecule has 0 bridgehead atoms. The fraction of sp³-hybridized carbons (Fsp3) is 0.875. The molecule has 0 aliphatic carbocycles. The Morgan fingerprint density at radius 2 is 2.25 bits per heavy atom. The van der Waals surface area contributed by atoms with Gasteiger partial charge in [-0.2, -0.15) is 0 Å². The van der Waals surface area contributed by atoms with Crippen molar-refractivity contribution in [3.8, 4) is 0 Å². The van der Waals surface area contributed by atoms with E-state index >= 15 is 0 Å². The largest absolute Gasteiger partial charge is 0.330 e. The summed E-state index contributed by atoms with van der Waals surface area (Å²) in [5.74, 6) is -0.137. The first-order chi connectivity index (χ1) is 5.67. The van der Waals surface area contributed by atoms with Crippen molar-refractivity contribution in [2.75, 3.05) is 20.7 Å². The van der Waals surface area contributed by atoms with Crippen LogP contribution in [-0.2, 0) is 9.63 Å². The Bertz CT molecular complexity index is 139. The molecule has 0 saturated carbocycles. The maximum atomic E-state index is 11.4. The third-order valence-electron chi connectivity index (χ3n) is 1.86. The van der Waals surface area contributed by atoms with Gasteiger partial charge in [-0.15, -0.1) is 0 Å². The Morgan fingerprint density at radius 1 is 1.67 bits per heavy atom. The van der Waals surface area contributed by atoms with E-state index in [4.69, 9.17) is 10.6 Å². The van der Waals surface area contributed by atoms with Crippen LogP contribution in [0.25, 0.3) is 0 Å². The van der Waals surface area contributed by atoms with E-state index in [2.05, 4.69) is 0 Å². The summed E-state index contributed by atoms with van der Waals surface area (Å²) in [7, 11) is 3.07. The molecule has 1 unspecified atom stereocenters. The Labute approximate surface area is 73.6 Å². The Kier molecular flexibility index (Phi) is 5.66. The third-order valence-corrected chi connectivity index (χ3v) is 1.86. The molecule has 12 heavy (non-hydrogen) atoms. The van der Waals surface area contributed by atoms with Crippen LogP contribution in [0.3, 0.4) is 0 Å². The lowest BCUT2D eigenvalue weighted by Crippen LogP contribution is -2.35. The molecule has 0 heterocycles. The van der Waals surface area contributed by atoms with Gasteiger partial charge in [0.25, 0.3) is 0 Å². The normalized spacial score (nSPS) is 12.7. The van der Waals surface area contributed by atoms with Crippen LogP contribution in [0.2, 0.25) is 0 Å². The molecular formula is C8H18N2O2. The lowest BCUT2D eigenvalue weighted by Gasteiger charge is -2.19. The molecule has 72 valence electrons. The van der Waals surface area contributed by atoms with Crippen LogP contribution < -0.4 is 5.73 Å². The SMILES string of the molecule is CCCC(CN)C(=O)N(C)OC. The van der Waals surface area contributed by atoms with Gasteiger partial charge in [-0.25, -0.2) is 5.06 Å². The predicted molar refractivity (Wildman–Crippen MR) is 47.2 cm³/mol. The quantitative estimate of drug-likeness (QED) is 0.613. The average Bonchev–Trinajstić information content (AvgIpc) is 2.11. The number of carbonyl (C=O) groups excluding carboxylic acids is 1. The number of amides is 1. The van der Waals surface area contributed by atoms with Crippen molar-refractivity contribution in [3.05, 3.63) is 0 Å². The number of hydroxylamine groups is 2. The first kappa shape index (κ1) is 11.4. The maximum Gasteiger partial charge on any atom is 0.250 e. The number of hydrogen-bond donors (Lipinski definition) is 1. The zero-order chi connectivity index (χ0) is 9.56. The highest BCUT2D eigenvalue weighted by atomic mass is 16.7. The molecule has 0 aliphatic rings. The van der Waals surface area contributed by atoms with Crippen molar-refractivity contribution in [2.24, 2.45) is 11.7 Å². The van der Waals surface area contributed by atoms with Gasteiger partial charge in [0.1, 0.15) is 0 Å². The average molecular weight is 174 g/mol. The second-order valence-corrected chi connectivity index (χ2v) is 2.74. The topological polar surface area (TPSA) is 55.6 Å². The van der Waals surface area contributed by atoms with Crippen molar-refractivity contribution in [2.45, 2.75) is 19.8 Å². The molecule has 1 amide bonds. The molecule has 0 rings (SSSR count). The van der Waals surface area contributed by atoms with E-state index in [0.717, 1.165) is 12.8 Å². The minimum absolute atomic E-state index is 0.0400. The highest BCUT2D eigenvalue weighted by molar-refractivity contribution is 5.77. The smallest absolute Gasteiger partial charge is 0.250 e. The molecule has 2 N–H and O–H groups in total. The molecule has 0 spiro atoms. The molecule has 0 radical (unpaired) electrons. The fourth-order valence-electron chi connectivity index (χ4n) is 1.04. The van der Waals surface area contributed by atoms with Crippen LogP contribution in [0.15, 0.2) is 0 Å². The third kappa shape index (κ3) is 3.19. The summed E-state index contributed by atoms with van der Waals surface area (Å²) in [6.45, 7) is 2.42. The number of carbonyl (C=O) groups is 1. The zero-order valence-electron chi connectivity index (χ0n) is 8.04. The summed E-state index contributed by atoms with van der Waals surface area (Å²) < 4.78 is 0. The molecule has 0 fully saturated rings. The Hall–Kier alpha value is -0.610. The lowest BCUT2D eigenvalue weighted by molar-refractivity contribution is -0.173. The predicted octanol–water partition coefficient (Wildman–Crippen LogP) is 0.381. The van der Waals surface area contributed by atoms with E-state index < -0.39 is 0 Å². The standard InChI is InChI=1S/C8H18N2O2/c1-4-5-7(6-9)8(11)10(2)12-3/h7H,4-6,9H2,1-3H3. The summed E-state index contributed by atoms with van der Waals surface area (Å²) in [6, 6.07) is 0. The number of rotatable bonds is 5. The van der Waals surface area contributed by atoms with E-state index in [1.807, 2.05) is 6.92 Å². The Balaban J connectivity index is 4.01. The second kappa shape index (κ2) is 5.97. The van der Waals surface area contributed by atoms with Crippen LogP contribution in [0.4, 0.5) is 0 Å². The van der Waals surface area contributed by atoms with Crippen molar-refractivity contribution in [1.29, 1.82) is 0 Å². The second-order valence-electron chi connectivity index (χ2n) is 2.74. The van der Waals surface area contributed by atoms with Crippen LogP contribution in [0, 0.1) is 5.92 Å². The first-order valence-electron chi connectivity index (χ1n) is 4.19. The van der Waals surface area contributed by atoms with Crippen LogP contribution in [-0.4, -0.2) is 31.7 Å². The van der Waals surface area contributed by atoms with Crippen molar-refractivity contribution in [1.82, 2.24) is 5.06 Å². The summed E-state index contributed by atoms with van der Waals surface area (Å²) >= 11 is 0. The molecule has 0 saturated heterocycles. The fourth-order valence-corrected chi connectivity index (χ4v) is 1.04. The minimum atomic E-state index is -0.0973. The summed E-state index contributed by atoms with van der Waals surface area (Å²) in [5, 5.41) is 1.23. The van der Waals surface area contributed by atoms with E-state index in [9.17, 15) is 4.79 Å². The van der Waals surface area contributed by atoms with Crippen LogP contribution >= 0.6 is 0 Å². The van der Waals surface area contributed by atoms with E-state index in [-0.39, 0.29) is 11.8 Å². The monoisotopic (exact) mass is 174 g/mol. The van der Waals surface area contributed by atoms with Gasteiger partial charge in [0.15, 0.2) is 0 Å². The van der Waals surface area contributed by atoms with Crippen LogP contribution in [0.5, 0.6) is 0 Å². The number of hydrogen-bond acceptors (Lipinski definition) is 3. The van der Waals surface area contributed by atoms with Gasteiger partial charge in [0, 0.05) is 13.6 Å². The molecule has 4 heteroatoms. The highest BCUT2D eigenvalue weighted by Gasteiger charge is 2.19. The minimum Gasteiger partial charge on any atom is -0.330 e.